The lowest BCUT2D eigenvalue weighted by Gasteiger charge is -2.02. The maximum Gasteiger partial charge on any atom is 0.286 e. The molecule has 0 radical (unpaired) electrons. The van der Waals surface area contributed by atoms with E-state index in [9.17, 15) is 14.9 Å². The molecule has 0 aliphatic carbocycles. The molecule has 0 aliphatic rings. The zero-order chi connectivity index (χ0) is 10.9. The second-order valence-electron chi connectivity index (χ2n) is 2.94. The third-order valence-electron chi connectivity index (χ3n) is 1.84. The highest BCUT2D eigenvalue weighted by Gasteiger charge is 2.17. The third-order valence-corrected chi connectivity index (χ3v) is 2.45. The summed E-state index contributed by atoms with van der Waals surface area (Å²) in [5.41, 5.74) is 0.963. The van der Waals surface area contributed by atoms with Gasteiger partial charge in [0, 0.05) is 11.1 Å². The summed E-state index contributed by atoms with van der Waals surface area (Å²) in [6.45, 7) is 3.03. The van der Waals surface area contributed by atoms with E-state index < -0.39 is 4.92 Å². The standard InChI is InChI=1S/C9H8BrNO3/c1-5-3-7(6(2)12)4-8(10)9(5)11(13)14/h3-4H,1-2H3. The number of carbonyl (C=O) groups excluding carboxylic acids is 1. The molecule has 0 atom stereocenters. The summed E-state index contributed by atoms with van der Waals surface area (Å²) in [6, 6.07) is 2.98. The normalized spacial score (nSPS) is 9.93. The summed E-state index contributed by atoms with van der Waals surface area (Å²) in [6.07, 6.45) is 0. The molecule has 74 valence electrons. The Hall–Kier alpha value is -1.23. The molecule has 0 amide bonds. The number of nitro benzene ring substituents is 1. The first-order valence-corrected chi connectivity index (χ1v) is 4.68. The average Bonchev–Trinajstić information content (AvgIpc) is 2.01. The minimum absolute atomic E-state index is 0.00926. The zero-order valence-electron chi connectivity index (χ0n) is 7.70. The van der Waals surface area contributed by atoms with Crippen LogP contribution in [-0.2, 0) is 0 Å². The van der Waals surface area contributed by atoms with Gasteiger partial charge in [-0.2, -0.15) is 0 Å². The lowest BCUT2D eigenvalue weighted by atomic mass is 10.1. The van der Waals surface area contributed by atoms with Crippen molar-refractivity contribution in [2.45, 2.75) is 13.8 Å². The van der Waals surface area contributed by atoms with Crippen molar-refractivity contribution >= 4 is 27.4 Å². The molecule has 0 spiro atoms. The molecule has 0 saturated heterocycles. The van der Waals surface area contributed by atoms with E-state index in [0.29, 0.717) is 15.6 Å². The lowest BCUT2D eigenvalue weighted by Crippen LogP contribution is -1.98. The molecular weight excluding hydrogens is 250 g/mol. The number of Topliss-reactive ketones (excluding diaryl/α,β-unsaturated/α-hetero) is 1. The van der Waals surface area contributed by atoms with Gasteiger partial charge in [-0.15, -0.1) is 0 Å². The molecule has 1 rings (SSSR count). The van der Waals surface area contributed by atoms with Gasteiger partial charge in [0.25, 0.3) is 5.69 Å². The quantitative estimate of drug-likeness (QED) is 0.465. The number of ketones is 1. The van der Waals surface area contributed by atoms with Gasteiger partial charge in [-0.25, -0.2) is 0 Å². The Balaban J connectivity index is 3.39. The van der Waals surface area contributed by atoms with Gasteiger partial charge >= 0.3 is 0 Å². The minimum Gasteiger partial charge on any atom is -0.295 e. The summed E-state index contributed by atoms with van der Waals surface area (Å²) in [4.78, 5) is 21.2. The van der Waals surface area contributed by atoms with Crippen LogP contribution in [0.1, 0.15) is 22.8 Å². The van der Waals surface area contributed by atoms with Crippen LogP contribution in [0.5, 0.6) is 0 Å². The Morgan fingerprint density at radius 1 is 1.50 bits per heavy atom. The Labute approximate surface area is 89.2 Å². The molecule has 0 aromatic heterocycles. The smallest absolute Gasteiger partial charge is 0.286 e. The van der Waals surface area contributed by atoms with Crippen LogP contribution in [0.3, 0.4) is 0 Å². The number of halogens is 1. The third kappa shape index (κ3) is 1.98. The molecule has 14 heavy (non-hydrogen) atoms. The fourth-order valence-corrected chi connectivity index (χ4v) is 1.88. The molecule has 0 unspecified atom stereocenters. The van der Waals surface area contributed by atoms with Gasteiger partial charge in [0.05, 0.1) is 9.40 Å². The summed E-state index contributed by atoms with van der Waals surface area (Å²) >= 11 is 3.07. The van der Waals surface area contributed by atoms with E-state index in [-0.39, 0.29) is 11.5 Å². The van der Waals surface area contributed by atoms with Crippen LogP contribution >= 0.6 is 15.9 Å². The predicted octanol–water partition coefficient (Wildman–Crippen LogP) is 2.87. The van der Waals surface area contributed by atoms with E-state index in [4.69, 9.17) is 0 Å². The van der Waals surface area contributed by atoms with Crippen molar-refractivity contribution in [3.05, 3.63) is 37.8 Å². The summed E-state index contributed by atoms with van der Waals surface area (Å²) < 4.78 is 0.340. The zero-order valence-corrected chi connectivity index (χ0v) is 9.29. The number of carbonyl (C=O) groups is 1. The minimum atomic E-state index is -0.469. The van der Waals surface area contributed by atoms with E-state index in [0.717, 1.165) is 0 Å². The first-order chi connectivity index (χ1) is 6.43. The van der Waals surface area contributed by atoms with Crippen molar-refractivity contribution < 1.29 is 9.72 Å². The molecule has 0 bridgehead atoms. The molecule has 0 fully saturated rings. The van der Waals surface area contributed by atoms with Gasteiger partial charge in [-0.3, -0.25) is 14.9 Å². The molecule has 0 saturated carbocycles. The number of hydrogen-bond acceptors (Lipinski definition) is 3. The molecule has 0 heterocycles. The highest BCUT2D eigenvalue weighted by atomic mass is 79.9. The molecule has 1 aromatic carbocycles. The highest BCUT2D eigenvalue weighted by molar-refractivity contribution is 9.10. The van der Waals surface area contributed by atoms with Crippen LogP contribution in [0.15, 0.2) is 16.6 Å². The van der Waals surface area contributed by atoms with Gasteiger partial charge in [-0.05, 0) is 41.9 Å². The maximum atomic E-state index is 11.0. The fourth-order valence-electron chi connectivity index (χ4n) is 1.17. The number of hydrogen-bond donors (Lipinski definition) is 0. The van der Waals surface area contributed by atoms with Crippen molar-refractivity contribution in [3.8, 4) is 0 Å². The van der Waals surface area contributed by atoms with Crippen molar-refractivity contribution in [2.24, 2.45) is 0 Å². The first kappa shape index (κ1) is 10.8. The number of aryl methyl sites for hydroxylation is 1. The molecule has 4 nitrogen and oxygen atoms in total. The van der Waals surface area contributed by atoms with E-state index in [1.165, 1.54) is 19.1 Å². The van der Waals surface area contributed by atoms with Gasteiger partial charge < -0.3 is 0 Å². The maximum absolute atomic E-state index is 11.0. The van der Waals surface area contributed by atoms with Crippen LogP contribution in [-0.4, -0.2) is 10.7 Å². The van der Waals surface area contributed by atoms with Crippen LogP contribution in [0.2, 0.25) is 0 Å². The van der Waals surface area contributed by atoms with Crippen molar-refractivity contribution in [1.82, 2.24) is 0 Å². The Morgan fingerprint density at radius 3 is 2.43 bits per heavy atom. The van der Waals surface area contributed by atoms with Crippen molar-refractivity contribution in [3.63, 3.8) is 0 Å². The van der Waals surface area contributed by atoms with Crippen LogP contribution in [0.25, 0.3) is 0 Å². The van der Waals surface area contributed by atoms with Gasteiger partial charge in [0.1, 0.15) is 0 Å². The van der Waals surface area contributed by atoms with Gasteiger partial charge in [-0.1, -0.05) is 0 Å². The van der Waals surface area contributed by atoms with E-state index in [2.05, 4.69) is 15.9 Å². The second-order valence-corrected chi connectivity index (χ2v) is 3.79. The number of nitro groups is 1. The Bertz CT molecular complexity index is 392. The van der Waals surface area contributed by atoms with Gasteiger partial charge in [0.2, 0.25) is 0 Å². The average molecular weight is 258 g/mol. The molecule has 0 aliphatic heterocycles. The SMILES string of the molecule is CC(=O)c1cc(C)c([N+](=O)[O-])c(Br)c1. The van der Waals surface area contributed by atoms with E-state index >= 15 is 0 Å². The van der Waals surface area contributed by atoms with E-state index in [1.54, 1.807) is 6.92 Å². The molecule has 5 heteroatoms. The van der Waals surface area contributed by atoms with Crippen LogP contribution in [0, 0.1) is 17.0 Å². The highest BCUT2D eigenvalue weighted by Crippen LogP contribution is 2.29. The van der Waals surface area contributed by atoms with Crippen LogP contribution < -0.4 is 0 Å². The Kier molecular flexibility index (Phi) is 3.00. The van der Waals surface area contributed by atoms with Gasteiger partial charge in [0.15, 0.2) is 5.78 Å². The fraction of sp³-hybridized carbons (Fsp3) is 0.222. The predicted molar refractivity (Wildman–Crippen MR) is 55.5 cm³/mol. The molecular formula is C9H8BrNO3. The molecule has 0 N–H and O–H groups in total. The van der Waals surface area contributed by atoms with Crippen molar-refractivity contribution in [2.75, 3.05) is 0 Å². The largest absolute Gasteiger partial charge is 0.295 e. The summed E-state index contributed by atoms with van der Waals surface area (Å²) in [7, 11) is 0. The number of rotatable bonds is 2. The number of benzene rings is 1. The second kappa shape index (κ2) is 3.88. The Morgan fingerprint density at radius 2 is 2.07 bits per heavy atom. The lowest BCUT2D eigenvalue weighted by molar-refractivity contribution is -0.386. The number of nitrogens with zero attached hydrogens (tertiary/aromatic N) is 1. The monoisotopic (exact) mass is 257 g/mol. The van der Waals surface area contributed by atoms with Crippen LogP contribution in [0.4, 0.5) is 5.69 Å². The summed E-state index contributed by atoms with van der Waals surface area (Å²) in [5.74, 6) is -0.108. The van der Waals surface area contributed by atoms with E-state index in [1.807, 2.05) is 0 Å². The summed E-state index contributed by atoms with van der Waals surface area (Å²) in [5, 5.41) is 10.6. The topological polar surface area (TPSA) is 60.2 Å². The van der Waals surface area contributed by atoms with Crippen molar-refractivity contribution in [1.29, 1.82) is 0 Å². The molecule has 1 aromatic rings. The first-order valence-electron chi connectivity index (χ1n) is 3.89.